The number of rotatable bonds is 4. The Labute approximate surface area is 91.6 Å². The molecule has 0 aromatic rings. The third kappa shape index (κ3) is 3.24. The normalized spacial score (nSPS) is 33.8. The maximum Gasteiger partial charge on any atom is 0.313 e. The molecule has 1 rings (SSSR count). The molecule has 1 fully saturated rings. The predicted octanol–water partition coefficient (Wildman–Crippen LogP) is -2.05. The first-order valence-electron chi connectivity index (χ1n) is 4.76. The number of hydrogen-bond donors (Lipinski definition) is 3. The van der Waals surface area contributed by atoms with Crippen LogP contribution in [0.4, 0.5) is 0 Å². The van der Waals surface area contributed by atoms with Gasteiger partial charge >= 0.3 is 5.97 Å². The van der Waals surface area contributed by atoms with Crippen LogP contribution in [0.25, 0.3) is 0 Å². The lowest BCUT2D eigenvalue weighted by atomic mass is 10.1. The molecule has 4 atom stereocenters. The van der Waals surface area contributed by atoms with Gasteiger partial charge in [-0.2, -0.15) is 0 Å². The molecule has 92 valence electrons. The van der Waals surface area contributed by atoms with Gasteiger partial charge < -0.3 is 24.8 Å². The van der Waals surface area contributed by atoms with Crippen molar-refractivity contribution < 1.29 is 34.4 Å². The van der Waals surface area contributed by atoms with Crippen molar-refractivity contribution in [1.82, 2.24) is 0 Å². The molecule has 16 heavy (non-hydrogen) atoms. The highest BCUT2D eigenvalue weighted by atomic mass is 16.7. The van der Waals surface area contributed by atoms with E-state index in [1.807, 2.05) is 0 Å². The molecule has 4 unspecified atom stereocenters. The maximum absolute atomic E-state index is 11.0. The summed E-state index contributed by atoms with van der Waals surface area (Å²) in [6.45, 7) is 0.928. The summed E-state index contributed by atoms with van der Waals surface area (Å²) in [4.78, 5) is 21.5. The van der Waals surface area contributed by atoms with E-state index in [0.717, 1.165) is 0 Å². The van der Waals surface area contributed by atoms with Gasteiger partial charge in [-0.1, -0.05) is 0 Å². The summed E-state index contributed by atoms with van der Waals surface area (Å²) in [7, 11) is 0. The highest BCUT2D eigenvalue weighted by Crippen LogP contribution is 2.19. The van der Waals surface area contributed by atoms with E-state index in [2.05, 4.69) is 4.74 Å². The van der Waals surface area contributed by atoms with Crippen LogP contribution in [0.1, 0.15) is 13.3 Å². The Balaban J connectivity index is 2.33. The fraction of sp³-hybridized carbons (Fsp3) is 0.778. The first-order valence-corrected chi connectivity index (χ1v) is 4.76. The minimum absolute atomic E-state index is 0.318. The average Bonchev–Trinajstić information content (AvgIpc) is 2.42. The molecule has 7 nitrogen and oxygen atoms in total. The van der Waals surface area contributed by atoms with E-state index in [-0.39, 0.29) is 18.8 Å². The van der Waals surface area contributed by atoms with Crippen LogP contribution in [-0.2, 0) is 19.1 Å². The highest BCUT2D eigenvalue weighted by molar-refractivity contribution is 5.94. The third-order valence-electron chi connectivity index (χ3n) is 2.14. The Bertz CT molecular complexity index is 277. The van der Waals surface area contributed by atoms with Gasteiger partial charge in [0, 0.05) is 0 Å². The fourth-order valence-electron chi connectivity index (χ4n) is 1.30. The van der Waals surface area contributed by atoms with E-state index in [9.17, 15) is 14.7 Å². The van der Waals surface area contributed by atoms with E-state index >= 15 is 0 Å². The molecule has 1 aliphatic rings. The van der Waals surface area contributed by atoms with E-state index < -0.39 is 30.6 Å². The zero-order valence-corrected chi connectivity index (χ0v) is 8.70. The SMILES string of the molecule is CC(=O)CC(=O)OCC1OC(O)C(O)C1O. The number of esters is 1. The number of ketones is 1. The summed E-state index contributed by atoms with van der Waals surface area (Å²) < 4.78 is 9.37. The van der Waals surface area contributed by atoms with Crippen LogP contribution in [0.3, 0.4) is 0 Å². The van der Waals surface area contributed by atoms with Crippen LogP contribution in [0.15, 0.2) is 0 Å². The number of ether oxygens (including phenoxy) is 2. The molecule has 1 saturated heterocycles. The van der Waals surface area contributed by atoms with Gasteiger partial charge in [-0.05, 0) is 6.92 Å². The predicted molar refractivity (Wildman–Crippen MR) is 49.2 cm³/mol. The van der Waals surface area contributed by atoms with Crippen molar-refractivity contribution in [3.8, 4) is 0 Å². The van der Waals surface area contributed by atoms with Crippen LogP contribution in [-0.4, -0.2) is 58.3 Å². The minimum atomic E-state index is -1.49. The van der Waals surface area contributed by atoms with Crippen molar-refractivity contribution in [3.05, 3.63) is 0 Å². The molecule has 1 aliphatic heterocycles. The van der Waals surface area contributed by atoms with E-state index in [0.29, 0.717) is 0 Å². The molecule has 0 aromatic carbocycles. The molecule has 7 heteroatoms. The molecule has 0 amide bonds. The topological polar surface area (TPSA) is 113 Å². The van der Waals surface area contributed by atoms with Gasteiger partial charge in [-0.3, -0.25) is 9.59 Å². The number of aliphatic hydroxyl groups excluding tert-OH is 3. The lowest BCUT2D eigenvalue weighted by molar-refractivity contribution is -0.158. The fourth-order valence-corrected chi connectivity index (χ4v) is 1.30. The monoisotopic (exact) mass is 234 g/mol. The van der Waals surface area contributed by atoms with Crippen LogP contribution in [0, 0.1) is 0 Å². The Morgan fingerprint density at radius 1 is 1.25 bits per heavy atom. The Morgan fingerprint density at radius 3 is 2.31 bits per heavy atom. The van der Waals surface area contributed by atoms with Crippen molar-refractivity contribution in [2.45, 2.75) is 37.9 Å². The molecule has 1 heterocycles. The van der Waals surface area contributed by atoms with Gasteiger partial charge in [0.25, 0.3) is 0 Å². The second kappa shape index (κ2) is 5.35. The van der Waals surface area contributed by atoms with Crippen molar-refractivity contribution in [2.24, 2.45) is 0 Å². The van der Waals surface area contributed by atoms with Gasteiger partial charge in [-0.15, -0.1) is 0 Å². The molecule has 0 aromatic heterocycles. The molecule has 0 aliphatic carbocycles. The summed E-state index contributed by atoms with van der Waals surface area (Å²) in [5, 5.41) is 27.5. The van der Waals surface area contributed by atoms with Gasteiger partial charge in [0.2, 0.25) is 0 Å². The number of carbonyl (C=O) groups is 2. The van der Waals surface area contributed by atoms with E-state index in [1.165, 1.54) is 6.92 Å². The molecular formula is C9H14O7. The van der Waals surface area contributed by atoms with Gasteiger partial charge in [0.05, 0.1) is 0 Å². The van der Waals surface area contributed by atoms with E-state index in [4.69, 9.17) is 14.9 Å². The molecule has 0 saturated carbocycles. The average molecular weight is 234 g/mol. The zero-order chi connectivity index (χ0) is 12.3. The van der Waals surface area contributed by atoms with E-state index in [1.54, 1.807) is 0 Å². The van der Waals surface area contributed by atoms with Crippen LogP contribution in [0.2, 0.25) is 0 Å². The second-order valence-corrected chi connectivity index (χ2v) is 3.61. The quantitative estimate of drug-likeness (QED) is 0.379. The first-order chi connectivity index (χ1) is 7.41. The van der Waals surface area contributed by atoms with Crippen molar-refractivity contribution in [2.75, 3.05) is 6.61 Å². The summed E-state index contributed by atoms with van der Waals surface area (Å²) in [6, 6.07) is 0. The Hall–Kier alpha value is -1.02. The molecule has 0 spiro atoms. The number of Topliss-reactive ketones (excluding diaryl/α,β-unsaturated/α-hetero) is 1. The second-order valence-electron chi connectivity index (χ2n) is 3.61. The lowest BCUT2D eigenvalue weighted by Gasteiger charge is -2.13. The largest absolute Gasteiger partial charge is 0.462 e. The Kier molecular flexibility index (Phi) is 4.36. The number of aliphatic hydroxyl groups is 3. The van der Waals surface area contributed by atoms with Gasteiger partial charge in [-0.25, -0.2) is 0 Å². The molecule has 3 N–H and O–H groups in total. The zero-order valence-electron chi connectivity index (χ0n) is 8.70. The van der Waals surface area contributed by atoms with Gasteiger partial charge in [0.1, 0.15) is 37.1 Å². The Morgan fingerprint density at radius 2 is 1.88 bits per heavy atom. The summed E-state index contributed by atoms with van der Waals surface area (Å²) in [5.41, 5.74) is 0. The minimum Gasteiger partial charge on any atom is -0.462 e. The molecule has 0 radical (unpaired) electrons. The summed E-state index contributed by atoms with van der Waals surface area (Å²) in [6.07, 6.45) is -5.57. The van der Waals surface area contributed by atoms with Crippen LogP contribution >= 0.6 is 0 Å². The first kappa shape index (κ1) is 13.0. The highest BCUT2D eigenvalue weighted by Gasteiger charge is 2.42. The van der Waals surface area contributed by atoms with Crippen molar-refractivity contribution in [3.63, 3.8) is 0 Å². The lowest BCUT2D eigenvalue weighted by Crippen LogP contribution is -2.34. The number of carbonyl (C=O) groups excluding carboxylic acids is 2. The molecular weight excluding hydrogens is 220 g/mol. The number of hydrogen-bond acceptors (Lipinski definition) is 7. The molecule has 0 bridgehead atoms. The maximum atomic E-state index is 11.0. The summed E-state index contributed by atoms with van der Waals surface area (Å²) in [5.74, 6) is -1.07. The van der Waals surface area contributed by atoms with Crippen molar-refractivity contribution in [1.29, 1.82) is 0 Å². The third-order valence-corrected chi connectivity index (χ3v) is 2.14. The van der Waals surface area contributed by atoms with Crippen LogP contribution < -0.4 is 0 Å². The van der Waals surface area contributed by atoms with Crippen molar-refractivity contribution >= 4 is 11.8 Å². The standard InChI is InChI=1S/C9H14O7/c1-4(10)2-6(11)15-3-5-7(12)8(13)9(14)16-5/h5,7-9,12-14H,2-3H2,1H3. The van der Waals surface area contributed by atoms with Gasteiger partial charge in [0.15, 0.2) is 6.29 Å². The van der Waals surface area contributed by atoms with Crippen LogP contribution in [0.5, 0.6) is 0 Å². The summed E-state index contributed by atoms with van der Waals surface area (Å²) >= 11 is 0. The smallest absolute Gasteiger partial charge is 0.313 e.